The van der Waals surface area contributed by atoms with Crippen LogP contribution in [0.1, 0.15) is 41.6 Å². The topological polar surface area (TPSA) is 92.0 Å². The number of hydrogen-bond donors (Lipinski definition) is 0. The number of thiazole rings is 1. The van der Waals surface area contributed by atoms with E-state index in [2.05, 4.69) is 16.0 Å². The average molecular weight is 551 g/mol. The Morgan fingerprint density at radius 2 is 1.97 bits per heavy atom. The van der Waals surface area contributed by atoms with Crippen LogP contribution in [0, 0.1) is 23.7 Å². The van der Waals surface area contributed by atoms with Crippen LogP contribution in [0.25, 0.3) is 11.3 Å². The molecule has 11 heteroatoms. The summed E-state index contributed by atoms with van der Waals surface area (Å²) in [6, 6.07) is 7.74. The smallest absolute Gasteiger partial charge is 0.360 e. The van der Waals surface area contributed by atoms with Crippen LogP contribution < -0.4 is 4.90 Å². The summed E-state index contributed by atoms with van der Waals surface area (Å²) in [6.07, 6.45) is 1.70. The van der Waals surface area contributed by atoms with Crippen molar-refractivity contribution in [2.24, 2.45) is 5.41 Å². The molecule has 0 atom stereocenters. The Morgan fingerprint density at radius 3 is 2.60 bits per heavy atom. The molecule has 1 aliphatic rings. The molecule has 0 bridgehead atoms. The van der Waals surface area contributed by atoms with Crippen molar-refractivity contribution in [1.29, 1.82) is 5.26 Å². The van der Waals surface area contributed by atoms with Crippen molar-refractivity contribution in [3.05, 3.63) is 55.2 Å². The van der Waals surface area contributed by atoms with Crippen molar-refractivity contribution < 1.29 is 9.53 Å². The van der Waals surface area contributed by atoms with E-state index in [1.165, 1.54) is 11.3 Å². The predicted molar refractivity (Wildman–Crippen MR) is 139 cm³/mol. The molecule has 2 aromatic heterocycles. The summed E-state index contributed by atoms with van der Waals surface area (Å²) < 4.78 is 5.76. The summed E-state index contributed by atoms with van der Waals surface area (Å²) in [7, 11) is 0. The molecule has 7 nitrogen and oxygen atoms in total. The number of hydrogen-bond acceptors (Lipinski definition) is 8. The largest absolute Gasteiger partial charge is 0.461 e. The fourth-order valence-electron chi connectivity index (χ4n) is 4.19. The highest BCUT2D eigenvalue weighted by atomic mass is 35.5. The molecule has 1 aliphatic heterocycles. The summed E-state index contributed by atoms with van der Waals surface area (Å²) in [5, 5.41) is 12.6. The first-order valence-electron chi connectivity index (χ1n) is 11.0. The molecule has 1 fully saturated rings. The molecule has 1 saturated heterocycles. The lowest BCUT2D eigenvalue weighted by Crippen LogP contribution is -2.42. The minimum absolute atomic E-state index is 0.110. The Labute approximate surface area is 222 Å². The van der Waals surface area contributed by atoms with Gasteiger partial charge >= 0.3 is 5.97 Å². The van der Waals surface area contributed by atoms with E-state index in [1.807, 2.05) is 17.2 Å². The number of nitrogens with zero attached hydrogens (tertiary/aromatic N) is 5. The minimum Gasteiger partial charge on any atom is -0.461 e. The van der Waals surface area contributed by atoms with Gasteiger partial charge in [-0.25, -0.2) is 19.7 Å². The number of anilines is 1. The van der Waals surface area contributed by atoms with Crippen molar-refractivity contribution in [2.45, 2.75) is 33.1 Å². The number of aryl methyl sites for hydroxylation is 1. The number of halogens is 3. The SMILES string of the molecule is CCOC(=O)c1nc(-c2cccc(Cl)c2Cl)c(C)nc1N1CCC(C#N)(Cc2csc(Cl)n2)CC1. The molecule has 0 N–H and O–H groups in total. The maximum Gasteiger partial charge on any atom is 0.360 e. The van der Waals surface area contributed by atoms with E-state index < -0.39 is 11.4 Å². The molecule has 0 unspecified atom stereocenters. The molecule has 4 rings (SSSR count). The summed E-state index contributed by atoms with van der Waals surface area (Å²) in [4.78, 5) is 28.6. The quantitative estimate of drug-likeness (QED) is 0.328. The Balaban J connectivity index is 1.66. The van der Waals surface area contributed by atoms with Crippen molar-refractivity contribution in [3.63, 3.8) is 0 Å². The molecule has 182 valence electrons. The third-order valence-electron chi connectivity index (χ3n) is 6.03. The van der Waals surface area contributed by atoms with Crippen molar-refractivity contribution in [2.75, 3.05) is 24.6 Å². The number of aromatic nitrogens is 3. The number of benzene rings is 1. The van der Waals surface area contributed by atoms with Crippen LogP contribution in [-0.4, -0.2) is 40.6 Å². The van der Waals surface area contributed by atoms with Gasteiger partial charge in [-0.15, -0.1) is 11.3 Å². The monoisotopic (exact) mass is 549 g/mol. The maximum atomic E-state index is 12.9. The molecular weight excluding hydrogens is 529 g/mol. The Morgan fingerprint density at radius 1 is 1.23 bits per heavy atom. The highest BCUT2D eigenvalue weighted by Crippen LogP contribution is 2.39. The molecule has 0 radical (unpaired) electrons. The highest BCUT2D eigenvalue weighted by Gasteiger charge is 2.37. The van der Waals surface area contributed by atoms with E-state index in [0.29, 0.717) is 69.6 Å². The van der Waals surface area contributed by atoms with Gasteiger partial charge in [-0.2, -0.15) is 5.26 Å². The maximum absolute atomic E-state index is 12.9. The minimum atomic E-state index is -0.566. The molecule has 3 heterocycles. The second-order valence-electron chi connectivity index (χ2n) is 8.30. The van der Waals surface area contributed by atoms with Gasteiger partial charge in [-0.05, 0) is 32.8 Å². The zero-order valence-electron chi connectivity index (χ0n) is 19.1. The third-order valence-corrected chi connectivity index (χ3v) is 7.87. The van der Waals surface area contributed by atoms with Crippen LogP contribution in [0.2, 0.25) is 14.5 Å². The van der Waals surface area contributed by atoms with Gasteiger partial charge in [-0.1, -0.05) is 46.9 Å². The first-order chi connectivity index (χ1) is 16.8. The second kappa shape index (κ2) is 10.7. The first-order valence-corrected chi connectivity index (χ1v) is 13.0. The molecular formula is C24H22Cl3N5O2S. The summed E-state index contributed by atoms with van der Waals surface area (Å²) in [6.45, 7) is 4.82. The standard InChI is InChI=1S/C24H22Cl3N5O2S/c1-3-34-22(33)20-21(29-14(2)19(31-20)16-5-4-6-17(25)18(16)26)32-9-7-24(13-28,8-10-32)11-15-12-35-23(27)30-15/h4-6,12H,3,7-11H2,1-2H3. The lowest BCUT2D eigenvalue weighted by Gasteiger charge is -2.38. The first kappa shape index (κ1) is 25.6. The molecule has 0 saturated carbocycles. The second-order valence-corrected chi connectivity index (χ2v) is 10.5. The van der Waals surface area contributed by atoms with Crippen LogP contribution in [0.15, 0.2) is 23.6 Å². The van der Waals surface area contributed by atoms with Gasteiger partial charge in [0.05, 0.1) is 45.2 Å². The van der Waals surface area contributed by atoms with Gasteiger partial charge in [0.15, 0.2) is 16.0 Å². The fourth-order valence-corrected chi connectivity index (χ4v) is 5.36. The van der Waals surface area contributed by atoms with Crippen LogP contribution in [0.4, 0.5) is 5.82 Å². The molecule has 0 aliphatic carbocycles. The summed E-state index contributed by atoms with van der Waals surface area (Å²) in [5.74, 6) is -0.130. The van der Waals surface area contributed by atoms with Gasteiger partial charge in [0.1, 0.15) is 0 Å². The number of ether oxygens (including phenoxy) is 1. The van der Waals surface area contributed by atoms with E-state index in [-0.39, 0.29) is 12.3 Å². The van der Waals surface area contributed by atoms with Gasteiger partial charge in [-0.3, -0.25) is 0 Å². The van der Waals surface area contributed by atoms with E-state index >= 15 is 0 Å². The lowest BCUT2D eigenvalue weighted by atomic mass is 9.76. The molecule has 0 spiro atoms. The van der Waals surface area contributed by atoms with E-state index in [0.717, 1.165) is 5.69 Å². The lowest BCUT2D eigenvalue weighted by molar-refractivity contribution is 0.0519. The van der Waals surface area contributed by atoms with Gasteiger partial charge in [0.25, 0.3) is 0 Å². The molecule has 0 amide bonds. The van der Waals surface area contributed by atoms with E-state index in [9.17, 15) is 10.1 Å². The zero-order valence-corrected chi connectivity index (χ0v) is 22.2. The third kappa shape index (κ3) is 5.39. The number of carbonyl (C=O) groups excluding carboxylic acids is 1. The zero-order chi connectivity index (χ0) is 25.2. The number of carbonyl (C=O) groups is 1. The summed E-state index contributed by atoms with van der Waals surface area (Å²) >= 11 is 20.0. The van der Waals surface area contributed by atoms with E-state index in [4.69, 9.17) is 44.5 Å². The van der Waals surface area contributed by atoms with Crippen LogP contribution in [-0.2, 0) is 11.2 Å². The highest BCUT2D eigenvalue weighted by molar-refractivity contribution is 7.13. The molecule has 3 aromatic rings. The number of rotatable bonds is 6. The number of nitriles is 1. The average Bonchev–Trinajstić information content (AvgIpc) is 3.25. The summed E-state index contributed by atoms with van der Waals surface area (Å²) in [5.41, 5.74) is 2.03. The normalized spacial score (nSPS) is 15.0. The Bertz CT molecular complexity index is 1300. The fraction of sp³-hybridized carbons (Fsp3) is 0.375. The van der Waals surface area contributed by atoms with Crippen molar-refractivity contribution in [1.82, 2.24) is 15.0 Å². The number of esters is 1. The van der Waals surface area contributed by atoms with Gasteiger partial charge < -0.3 is 9.64 Å². The Hall–Kier alpha value is -2.44. The van der Waals surface area contributed by atoms with Gasteiger partial charge in [0.2, 0.25) is 0 Å². The van der Waals surface area contributed by atoms with Gasteiger partial charge in [0, 0.05) is 30.5 Å². The molecule has 1 aromatic carbocycles. The Kier molecular flexibility index (Phi) is 7.82. The van der Waals surface area contributed by atoms with Crippen LogP contribution in [0.5, 0.6) is 0 Å². The van der Waals surface area contributed by atoms with E-state index in [1.54, 1.807) is 25.1 Å². The van der Waals surface area contributed by atoms with Crippen molar-refractivity contribution in [3.8, 4) is 17.3 Å². The van der Waals surface area contributed by atoms with Crippen LogP contribution in [0.3, 0.4) is 0 Å². The predicted octanol–water partition coefficient (Wildman–Crippen LogP) is 6.40. The van der Waals surface area contributed by atoms with Crippen molar-refractivity contribution >= 4 is 57.9 Å². The van der Waals surface area contributed by atoms with Crippen LogP contribution >= 0.6 is 46.1 Å². The molecule has 35 heavy (non-hydrogen) atoms. The number of piperidine rings is 1.